The third kappa shape index (κ3) is 3.83. The number of rotatable bonds is 4. The van der Waals surface area contributed by atoms with Crippen LogP contribution in [0.25, 0.3) is 0 Å². The summed E-state index contributed by atoms with van der Waals surface area (Å²) >= 11 is 0. The van der Waals surface area contributed by atoms with Crippen molar-refractivity contribution in [1.82, 2.24) is 0 Å². The van der Waals surface area contributed by atoms with Crippen molar-refractivity contribution < 1.29 is 22.7 Å². The number of nitrogens with one attached hydrogen (secondary N) is 1. The Hall–Kier alpha value is -2.50. The molecule has 122 valence electrons. The topological polar surface area (TPSA) is 38.3 Å². The summed E-state index contributed by atoms with van der Waals surface area (Å²) in [6.45, 7) is 5.04. The molecule has 0 bridgehead atoms. The summed E-state index contributed by atoms with van der Waals surface area (Å²) < 4.78 is 45.8. The van der Waals surface area contributed by atoms with Crippen molar-refractivity contribution in [1.29, 1.82) is 0 Å². The summed E-state index contributed by atoms with van der Waals surface area (Å²) in [6.07, 6.45) is -0.0492. The molecule has 0 fully saturated rings. The molecule has 0 atom stereocenters. The van der Waals surface area contributed by atoms with Crippen LogP contribution in [0.4, 0.5) is 18.9 Å². The Labute approximate surface area is 132 Å². The number of halogens is 3. The quantitative estimate of drug-likeness (QED) is 0.844. The molecule has 0 spiro atoms. The average Bonchev–Trinajstić information content (AvgIpc) is 2.44. The van der Waals surface area contributed by atoms with Crippen molar-refractivity contribution in [2.45, 2.75) is 26.9 Å². The highest BCUT2D eigenvalue weighted by Gasteiger charge is 2.22. The molecular formula is C17H16F3NO2. The first-order valence-electron chi connectivity index (χ1n) is 7.01. The zero-order valence-corrected chi connectivity index (χ0v) is 12.9. The third-order valence-corrected chi connectivity index (χ3v) is 3.05. The first-order valence-corrected chi connectivity index (χ1v) is 7.01. The summed E-state index contributed by atoms with van der Waals surface area (Å²) in [4.78, 5) is 12.2. The molecule has 0 aliphatic rings. The van der Waals surface area contributed by atoms with Crippen molar-refractivity contribution in [2.75, 3.05) is 5.32 Å². The van der Waals surface area contributed by atoms with Crippen LogP contribution in [0.3, 0.4) is 0 Å². The predicted molar refractivity (Wildman–Crippen MR) is 81.2 cm³/mol. The number of benzene rings is 2. The van der Waals surface area contributed by atoms with Gasteiger partial charge in [0.1, 0.15) is 5.75 Å². The number of ether oxygens (including phenoxy) is 1. The summed E-state index contributed by atoms with van der Waals surface area (Å²) in [7, 11) is 0. The Morgan fingerprint density at radius 2 is 1.83 bits per heavy atom. The van der Waals surface area contributed by atoms with Gasteiger partial charge in [0.15, 0.2) is 17.5 Å². The van der Waals surface area contributed by atoms with E-state index in [2.05, 4.69) is 5.32 Å². The summed E-state index contributed by atoms with van der Waals surface area (Å²) in [5, 5.41) is 2.45. The molecule has 1 amide bonds. The highest BCUT2D eigenvalue weighted by Crippen LogP contribution is 2.23. The lowest BCUT2D eigenvalue weighted by atomic mass is 10.1. The molecule has 2 aromatic rings. The van der Waals surface area contributed by atoms with Crippen LogP contribution >= 0.6 is 0 Å². The number of amides is 1. The van der Waals surface area contributed by atoms with Gasteiger partial charge in [-0.1, -0.05) is 6.07 Å². The second-order valence-electron chi connectivity index (χ2n) is 5.33. The summed E-state index contributed by atoms with van der Waals surface area (Å²) in [5.74, 6) is -4.84. The minimum Gasteiger partial charge on any atom is -0.491 e. The van der Waals surface area contributed by atoms with E-state index in [-0.39, 0.29) is 11.7 Å². The van der Waals surface area contributed by atoms with Crippen LogP contribution in [0.1, 0.15) is 29.8 Å². The third-order valence-electron chi connectivity index (χ3n) is 3.05. The maximum atomic E-state index is 13.8. The minimum atomic E-state index is -1.67. The summed E-state index contributed by atoms with van der Waals surface area (Å²) in [5.41, 5.74) is -0.163. The van der Waals surface area contributed by atoms with Gasteiger partial charge in [-0.15, -0.1) is 0 Å². The van der Waals surface area contributed by atoms with Gasteiger partial charge in [0.05, 0.1) is 11.7 Å². The molecular weight excluding hydrogens is 307 g/mol. The molecule has 0 unspecified atom stereocenters. The first-order chi connectivity index (χ1) is 10.8. The standard InChI is InChI=1S/C17H16F3NO2/c1-9(2)23-12-6-4-5-11(8-12)21-17(22)14-10(3)7-13(18)15(19)16(14)20/h4-9H,1-3H3,(H,21,22). The lowest BCUT2D eigenvalue weighted by molar-refractivity contribution is 0.102. The van der Waals surface area contributed by atoms with Gasteiger partial charge in [0.2, 0.25) is 0 Å². The van der Waals surface area contributed by atoms with Crippen molar-refractivity contribution >= 4 is 11.6 Å². The van der Waals surface area contributed by atoms with Gasteiger partial charge in [0, 0.05) is 11.8 Å². The Bertz CT molecular complexity index is 745. The molecule has 0 radical (unpaired) electrons. The number of aryl methyl sites for hydroxylation is 1. The number of hydrogen-bond acceptors (Lipinski definition) is 2. The average molecular weight is 323 g/mol. The monoisotopic (exact) mass is 323 g/mol. The fourth-order valence-corrected chi connectivity index (χ4v) is 2.10. The van der Waals surface area contributed by atoms with E-state index in [1.54, 1.807) is 24.3 Å². The van der Waals surface area contributed by atoms with Crippen LogP contribution in [0.5, 0.6) is 5.75 Å². The molecule has 0 saturated heterocycles. The zero-order chi connectivity index (χ0) is 17.1. The highest BCUT2D eigenvalue weighted by atomic mass is 19.2. The molecule has 0 saturated carbocycles. The molecule has 6 heteroatoms. The second kappa shape index (κ2) is 6.73. The van der Waals surface area contributed by atoms with Crippen LogP contribution in [0, 0.1) is 24.4 Å². The van der Waals surface area contributed by atoms with Crippen LogP contribution in [0.2, 0.25) is 0 Å². The largest absolute Gasteiger partial charge is 0.491 e. The highest BCUT2D eigenvalue weighted by molar-refractivity contribution is 6.05. The van der Waals surface area contributed by atoms with Crippen LogP contribution in [-0.4, -0.2) is 12.0 Å². The van der Waals surface area contributed by atoms with E-state index in [1.165, 1.54) is 6.92 Å². The van der Waals surface area contributed by atoms with E-state index in [0.717, 1.165) is 6.07 Å². The fraction of sp³-hybridized carbons (Fsp3) is 0.235. The molecule has 0 aliphatic carbocycles. The van der Waals surface area contributed by atoms with Crippen LogP contribution in [0.15, 0.2) is 30.3 Å². The Morgan fingerprint density at radius 3 is 2.48 bits per heavy atom. The molecule has 0 heterocycles. The minimum absolute atomic E-state index is 0.00786. The van der Waals surface area contributed by atoms with E-state index >= 15 is 0 Å². The smallest absolute Gasteiger partial charge is 0.259 e. The number of carbonyl (C=O) groups is 1. The molecule has 2 rings (SSSR count). The normalized spacial score (nSPS) is 10.7. The molecule has 23 heavy (non-hydrogen) atoms. The predicted octanol–water partition coefficient (Wildman–Crippen LogP) is 4.45. The van der Waals surface area contributed by atoms with Gasteiger partial charge in [-0.2, -0.15) is 0 Å². The SMILES string of the molecule is Cc1cc(F)c(F)c(F)c1C(=O)Nc1cccc(OC(C)C)c1. The number of hydrogen-bond donors (Lipinski definition) is 1. The van der Waals surface area contributed by atoms with Gasteiger partial charge < -0.3 is 10.1 Å². The van der Waals surface area contributed by atoms with Gasteiger partial charge in [0.25, 0.3) is 5.91 Å². The van der Waals surface area contributed by atoms with E-state index in [0.29, 0.717) is 11.4 Å². The molecule has 0 aromatic heterocycles. The van der Waals surface area contributed by atoms with Gasteiger partial charge in [-0.05, 0) is 44.5 Å². The first kappa shape index (κ1) is 16.9. The zero-order valence-electron chi connectivity index (χ0n) is 12.9. The van der Waals surface area contributed by atoms with Crippen molar-refractivity contribution in [2.24, 2.45) is 0 Å². The number of anilines is 1. The number of carbonyl (C=O) groups excluding carboxylic acids is 1. The van der Waals surface area contributed by atoms with Crippen molar-refractivity contribution in [3.05, 3.63) is 58.9 Å². The van der Waals surface area contributed by atoms with E-state index < -0.39 is 28.9 Å². The molecule has 1 N–H and O–H groups in total. The van der Waals surface area contributed by atoms with Crippen LogP contribution < -0.4 is 10.1 Å². The van der Waals surface area contributed by atoms with Crippen molar-refractivity contribution in [3.63, 3.8) is 0 Å². The molecule has 0 aliphatic heterocycles. The van der Waals surface area contributed by atoms with E-state index in [4.69, 9.17) is 4.74 Å². The van der Waals surface area contributed by atoms with E-state index in [1.807, 2.05) is 13.8 Å². The second-order valence-corrected chi connectivity index (χ2v) is 5.33. The lowest BCUT2D eigenvalue weighted by Gasteiger charge is -2.13. The Balaban J connectivity index is 2.28. The Kier molecular flexibility index (Phi) is 4.93. The maximum absolute atomic E-state index is 13.8. The van der Waals surface area contributed by atoms with Crippen LogP contribution in [-0.2, 0) is 0 Å². The van der Waals surface area contributed by atoms with E-state index in [9.17, 15) is 18.0 Å². The molecule has 2 aromatic carbocycles. The van der Waals surface area contributed by atoms with Gasteiger partial charge in [-0.25, -0.2) is 13.2 Å². The lowest BCUT2D eigenvalue weighted by Crippen LogP contribution is -2.17. The Morgan fingerprint density at radius 1 is 1.13 bits per heavy atom. The summed E-state index contributed by atoms with van der Waals surface area (Å²) in [6, 6.07) is 7.29. The maximum Gasteiger partial charge on any atom is 0.259 e. The molecule has 3 nitrogen and oxygen atoms in total. The van der Waals surface area contributed by atoms with Gasteiger partial charge in [-0.3, -0.25) is 4.79 Å². The van der Waals surface area contributed by atoms with Crippen molar-refractivity contribution in [3.8, 4) is 5.75 Å². The fourth-order valence-electron chi connectivity index (χ4n) is 2.10. The van der Waals surface area contributed by atoms with Gasteiger partial charge >= 0.3 is 0 Å².